The molecule has 0 saturated carbocycles. The number of aromatic amines is 1. The first-order valence-corrected chi connectivity index (χ1v) is 9.42. The van der Waals surface area contributed by atoms with Crippen LogP contribution in [0.15, 0.2) is 43.1 Å². The van der Waals surface area contributed by atoms with E-state index >= 15 is 0 Å². The van der Waals surface area contributed by atoms with Gasteiger partial charge in [0.2, 0.25) is 5.95 Å². The Balaban J connectivity index is 1.59. The lowest BCUT2D eigenvalue weighted by molar-refractivity contribution is -0.138. The first-order chi connectivity index (χ1) is 15.3. The molecule has 1 N–H and O–H groups in total. The molecule has 4 aromatic rings. The van der Waals surface area contributed by atoms with Gasteiger partial charge in [0.25, 0.3) is 0 Å². The molecule has 1 aliphatic heterocycles. The third kappa shape index (κ3) is 3.48. The summed E-state index contributed by atoms with van der Waals surface area (Å²) in [6, 6.07) is 3.83. The van der Waals surface area contributed by atoms with Gasteiger partial charge in [-0.05, 0) is 18.2 Å². The fourth-order valence-corrected chi connectivity index (χ4v) is 3.75. The molecule has 0 saturated heterocycles. The molecule has 13 heteroatoms. The molecule has 0 aromatic carbocycles. The maximum Gasteiger partial charge on any atom is 0.419 e. The molecular weight excluding hydrogens is 437 g/mol. The molecule has 0 bridgehead atoms. The predicted octanol–water partition coefficient (Wildman–Crippen LogP) is 3.62. The highest BCUT2D eigenvalue weighted by molar-refractivity contribution is 5.61. The number of fused-ring (bicyclic) bond motifs is 2. The highest BCUT2D eigenvalue weighted by atomic mass is 19.4. The van der Waals surface area contributed by atoms with Crippen LogP contribution in [0.3, 0.4) is 0 Å². The first-order valence-electron chi connectivity index (χ1n) is 9.42. The smallest absolute Gasteiger partial charge is 0.419 e. The van der Waals surface area contributed by atoms with Gasteiger partial charge < -0.3 is 14.6 Å². The number of rotatable bonds is 4. The van der Waals surface area contributed by atoms with Crippen molar-refractivity contribution in [3.63, 3.8) is 0 Å². The van der Waals surface area contributed by atoms with E-state index in [1.54, 1.807) is 17.2 Å². The zero-order chi connectivity index (χ0) is 22.5. The highest BCUT2D eigenvalue weighted by Gasteiger charge is 2.36. The summed E-state index contributed by atoms with van der Waals surface area (Å²) in [5, 5.41) is 4.48. The Kier molecular flexibility index (Phi) is 4.68. The molecule has 0 fully saturated rings. The third-order valence-electron chi connectivity index (χ3n) is 5.13. The van der Waals surface area contributed by atoms with Crippen molar-refractivity contribution in [3.05, 3.63) is 65.8 Å². The van der Waals surface area contributed by atoms with E-state index in [-0.39, 0.29) is 11.7 Å². The van der Waals surface area contributed by atoms with E-state index < -0.39 is 24.4 Å². The number of aromatic nitrogens is 6. The molecule has 1 atom stereocenters. The van der Waals surface area contributed by atoms with Crippen LogP contribution >= 0.6 is 0 Å². The number of halogens is 5. The molecule has 0 spiro atoms. The number of ether oxygens (including phenoxy) is 1. The average molecular weight is 451 g/mol. The largest absolute Gasteiger partial charge is 0.433 e. The van der Waals surface area contributed by atoms with E-state index in [4.69, 9.17) is 0 Å². The number of imidazole rings is 1. The van der Waals surface area contributed by atoms with Crippen molar-refractivity contribution in [2.24, 2.45) is 0 Å². The highest BCUT2D eigenvalue weighted by Crippen LogP contribution is 2.37. The fourth-order valence-electron chi connectivity index (χ4n) is 3.75. The van der Waals surface area contributed by atoms with Crippen molar-refractivity contribution >= 4 is 11.5 Å². The lowest BCUT2D eigenvalue weighted by Crippen LogP contribution is -2.37. The van der Waals surface area contributed by atoms with Gasteiger partial charge >= 0.3 is 12.8 Å². The standard InChI is InChI=1S/C19H14F5N7O/c20-17(21)32-14-2-1-4-31-13(14)6-12(29-31)16-15-11(27-9-28-15)3-5-30(16)18-25-7-10(8-26-18)19(22,23)24/h1-2,4,6-9,16-17H,3,5H2,(H,27,28). The van der Waals surface area contributed by atoms with Crippen molar-refractivity contribution in [1.29, 1.82) is 0 Å². The van der Waals surface area contributed by atoms with Crippen LogP contribution in [-0.4, -0.2) is 42.7 Å². The summed E-state index contributed by atoms with van der Waals surface area (Å²) in [6.07, 6.45) is 0.497. The maximum atomic E-state index is 12.9. The van der Waals surface area contributed by atoms with Gasteiger partial charge in [-0.3, -0.25) is 0 Å². The molecule has 166 valence electrons. The summed E-state index contributed by atoms with van der Waals surface area (Å²) >= 11 is 0. The summed E-state index contributed by atoms with van der Waals surface area (Å²) < 4.78 is 70.3. The van der Waals surface area contributed by atoms with Gasteiger partial charge in [0.15, 0.2) is 5.75 Å². The van der Waals surface area contributed by atoms with Crippen LogP contribution in [0, 0.1) is 0 Å². The fraction of sp³-hybridized carbons (Fsp3) is 0.263. The second-order valence-electron chi connectivity index (χ2n) is 7.03. The normalized spacial score (nSPS) is 16.6. The molecule has 0 radical (unpaired) electrons. The van der Waals surface area contributed by atoms with Gasteiger partial charge in [-0.1, -0.05) is 0 Å². The summed E-state index contributed by atoms with van der Waals surface area (Å²) in [7, 11) is 0. The van der Waals surface area contributed by atoms with E-state index in [0.29, 0.717) is 29.9 Å². The van der Waals surface area contributed by atoms with Gasteiger partial charge in [0.1, 0.15) is 11.6 Å². The third-order valence-corrected chi connectivity index (χ3v) is 5.13. The van der Waals surface area contributed by atoms with E-state index in [2.05, 4.69) is 29.8 Å². The Morgan fingerprint density at radius 1 is 1.16 bits per heavy atom. The summed E-state index contributed by atoms with van der Waals surface area (Å²) in [4.78, 5) is 16.9. The van der Waals surface area contributed by atoms with Crippen LogP contribution in [0.5, 0.6) is 5.75 Å². The van der Waals surface area contributed by atoms with E-state index in [9.17, 15) is 22.0 Å². The number of H-pyrrole nitrogens is 1. The summed E-state index contributed by atoms with van der Waals surface area (Å²) in [5.41, 5.74) is 1.20. The van der Waals surface area contributed by atoms with Crippen LogP contribution in [0.2, 0.25) is 0 Å². The number of alkyl halides is 5. The first kappa shape index (κ1) is 20.2. The minimum Gasteiger partial charge on any atom is -0.433 e. The molecule has 1 aliphatic rings. The Labute approximate surface area is 176 Å². The van der Waals surface area contributed by atoms with Gasteiger partial charge in [0, 0.05) is 37.3 Å². The van der Waals surface area contributed by atoms with Crippen LogP contribution in [0.1, 0.15) is 28.7 Å². The number of hydrogen-bond acceptors (Lipinski definition) is 6. The topological polar surface area (TPSA) is 84.2 Å². The second kappa shape index (κ2) is 7.43. The Bertz CT molecular complexity index is 1250. The van der Waals surface area contributed by atoms with Gasteiger partial charge in [-0.2, -0.15) is 27.1 Å². The lowest BCUT2D eigenvalue weighted by Gasteiger charge is -2.33. The zero-order valence-electron chi connectivity index (χ0n) is 16.1. The molecule has 0 amide bonds. The summed E-state index contributed by atoms with van der Waals surface area (Å²) in [5.74, 6) is 0.00870. The maximum absolute atomic E-state index is 12.9. The number of pyridine rings is 1. The van der Waals surface area contributed by atoms with Crippen molar-refractivity contribution in [2.45, 2.75) is 25.3 Å². The minimum atomic E-state index is -4.56. The SMILES string of the molecule is FC(F)Oc1cccn2nc(C3c4nc[nH]c4CCN3c3ncc(C(F)(F)F)cn3)cc12. The van der Waals surface area contributed by atoms with E-state index in [1.165, 1.54) is 23.0 Å². The molecule has 5 rings (SSSR count). The lowest BCUT2D eigenvalue weighted by atomic mass is 10.00. The van der Waals surface area contributed by atoms with Crippen LogP contribution in [-0.2, 0) is 12.6 Å². The second-order valence-corrected chi connectivity index (χ2v) is 7.03. The Morgan fingerprint density at radius 3 is 2.66 bits per heavy atom. The molecular formula is C19H14F5N7O. The van der Waals surface area contributed by atoms with Crippen LogP contribution in [0.4, 0.5) is 27.9 Å². The molecule has 4 aromatic heterocycles. The molecule has 0 aliphatic carbocycles. The van der Waals surface area contributed by atoms with Crippen LogP contribution in [0.25, 0.3) is 5.52 Å². The molecule has 8 nitrogen and oxygen atoms in total. The molecule has 32 heavy (non-hydrogen) atoms. The van der Waals surface area contributed by atoms with Crippen molar-refractivity contribution in [3.8, 4) is 5.75 Å². The Hall–Kier alpha value is -3.77. The van der Waals surface area contributed by atoms with Gasteiger partial charge in [-0.25, -0.2) is 19.5 Å². The number of anilines is 1. The summed E-state index contributed by atoms with van der Waals surface area (Å²) in [6.45, 7) is -2.64. The number of hydrogen-bond donors (Lipinski definition) is 1. The van der Waals surface area contributed by atoms with E-state index in [1.807, 2.05) is 0 Å². The van der Waals surface area contributed by atoms with Crippen molar-refractivity contribution in [2.75, 3.05) is 11.4 Å². The average Bonchev–Trinajstić information content (AvgIpc) is 3.39. The number of nitrogens with zero attached hydrogens (tertiary/aromatic N) is 6. The zero-order valence-corrected chi connectivity index (χ0v) is 16.1. The Morgan fingerprint density at radius 2 is 1.94 bits per heavy atom. The number of nitrogens with one attached hydrogen (secondary N) is 1. The molecule has 1 unspecified atom stereocenters. The minimum absolute atomic E-state index is 0.0587. The molecule has 5 heterocycles. The predicted molar refractivity (Wildman–Crippen MR) is 100 cm³/mol. The van der Waals surface area contributed by atoms with Gasteiger partial charge in [0.05, 0.1) is 23.3 Å². The van der Waals surface area contributed by atoms with Crippen molar-refractivity contribution < 1.29 is 26.7 Å². The quantitative estimate of drug-likeness (QED) is 0.478. The van der Waals surface area contributed by atoms with Gasteiger partial charge in [-0.15, -0.1) is 0 Å². The van der Waals surface area contributed by atoms with Crippen LogP contribution < -0.4 is 9.64 Å². The van der Waals surface area contributed by atoms with Crippen molar-refractivity contribution in [1.82, 2.24) is 29.5 Å². The monoisotopic (exact) mass is 451 g/mol. The van der Waals surface area contributed by atoms with E-state index in [0.717, 1.165) is 18.1 Å².